The standard InChI is InChI=1S/C19H17N5O2.C8H16N2O2.C3H8/c20-16(25)9-10-17(26)24-11-12-5-1-2-6-13(12)18-19(22-23-21-18)14-7-3-4-8-15(14)24;1-4-6(11)10-7(5(2)3)8(9)12;1-3-2/h1-8H,9-11H2,(H2,20,25)(H,21,22,23);5,7H,4H2,1-3H3,(H2,9,12)(H,10,11);3H2,1-2H3. The molecular formula is C30H41N7O4. The molecule has 4 rings (SSSR count). The Morgan fingerprint density at radius 1 is 0.902 bits per heavy atom. The van der Waals surface area contributed by atoms with E-state index in [9.17, 15) is 19.2 Å². The largest absolute Gasteiger partial charge is 0.370 e. The normalized spacial score (nSPS) is 12.0. The number of nitrogens with zero attached hydrogens (tertiary/aromatic N) is 3. The van der Waals surface area contributed by atoms with Crippen LogP contribution < -0.4 is 21.7 Å². The molecule has 0 saturated heterocycles. The second-order valence-corrected chi connectivity index (χ2v) is 9.89. The minimum atomic E-state index is -0.544. The monoisotopic (exact) mass is 563 g/mol. The van der Waals surface area contributed by atoms with E-state index >= 15 is 0 Å². The Balaban J connectivity index is 0.000000331. The number of rotatable bonds is 7. The highest BCUT2D eigenvalue weighted by atomic mass is 16.2. The van der Waals surface area contributed by atoms with Crippen molar-refractivity contribution in [2.45, 2.75) is 72.9 Å². The molecule has 2 aromatic carbocycles. The number of nitrogens with one attached hydrogen (secondary N) is 2. The van der Waals surface area contributed by atoms with E-state index in [-0.39, 0.29) is 30.6 Å². The van der Waals surface area contributed by atoms with Crippen LogP contribution in [0.15, 0.2) is 48.5 Å². The molecule has 4 amide bonds. The van der Waals surface area contributed by atoms with Gasteiger partial charge in [-0.15, -0.1) is 0 Å². The fraction of sp³-hybridized carbons (Fsp3) is 0.400. The highest BCUT2D eigenvalue weighted by Gasteiger charge is 2.27. The van der Waals surface area contributed by atoms with E-state index in [1.807, 2.05) is 62.4 Å². The Bertz CT molecular complexity index is 1340. The summed E-state index contributed by atoms with van der Waals surface area (Å²) in [7, 11) is 0. The van der Waals surface area contributed by atoms with Gasteiger partial charge in [-0.25, -0.2) is 0 Å². The van der Waals surface area contributed by atoms with Gasteiger partial charge in [0, 0.05) is 30.4 Å². The zero-order valence-corrected chi connectivity index (χ0v) is 24.4. The number of carbonyl (C=O) groups excluding carboxylic acids is 4. The average Bonchev–Trinajstić information content (AvgIpc) is 3.42. The minimum Gasteiger partial charge on any atom is -0.370 e. The SMILES string of the molecule is CCC.CCC(=O)NC(C(N)=O)C(C)C.NC(=O)CCC(=O)N1Cc2ccccc2-c2n[nH]nc2-c2ccccc21. The third-order valence-electron chi connectivity index (χ3n) is 6.10. The summed E-state index contributed by atoms with van der Waals surface area (Å²) in [6.07, 6.45) is 1.71. The molecule has 0 bridgehead atoms. The molecule has 2 heterocycles. The number of H-pyrrole nitrogens is 1. The van der Waals surface area contributed by atoms with Crippen molar-refractivity contribution >= 4 is 29.3 Å². The summed E-state index contributed by atoms with van der Waals surface area (Å²) in [6.45, 7) is 10.0. The molecular weight excluding hydrogens is 522 g/mol. The maximum atomic E-state index is 12.9. The van der Waals surface area contributed by atoms with Gasteiger partial charge in [0.05, 0.1) is 12.2 Å². The molecule has 220 valence electrons. The lowest BCUT2D eigenvalue weighted by atomic mass is 9.95. The van der Waals surface area contributed by atoms with Gasteiger partial charge in [0.25, 0.3) is 0 Å². The fourth-order valence-electron chi connectivity index (χ4n) is 4.09. The van der Waals surface area contributed by atoms with Gasteiger partial charge >= 0.3 is 0 Å². The second kappa shape index (κ2) is 15.9. The van der Waals surface area contributed by atoms with Crippen LogP contribution in [0.25, 0.3) is 22.5 Å². The van der Waals surface area contributed by atoms with Crippen LogP contribution in [-0.2, 0) is 25.7 Å². The number of carbonyl (C=O) groups is 4. The molecule has 3 aromatic rings. The van der Waals surface area contributed by atoms with Crippen molar-refractivity contribution in [3.05, 3.63) is 54.1 Å². The number of primary amides is 2. The Morgan fingerprint density at radius 2 is 1.46 bits per heavy atom. The second-order valence-electron chi connectivity index (χ2n) is 9.89. The summed E-state index contributed by atoms with van der Waals surface area (Å²) in [6, 6.07) is 14.8. The molecule has 11 nitrogen and oxygen atoms in total. The molecule has 0 saturated carbocycles. The number of para-hydroxylation sites is 1. The van der Waals surface area contributed by atoms with Crippen molar-refractivity contribution in [2.75, 3.05) is 4.90 Å². The van der Waals surface area contributed by atoms with E-state index in [1.54, 1.807) is 11.8 Å². The first-order valence-corrected chi connectivity index (χ1v) is 13.8. The summed E-state index contributed by atoms with van der Waals surface area (Å²) >= 11 is 0. The fourth-order valence-corrected chi connectivity index (χ4v) is 4.09. The maximum absolute atomic E-state index is 12.9. The number of hydrogen-bond acceptors (Lipinski definition) is 6. The molecule has 0 spiro atoms. The van der Waals surface area contributed by atoms with Gasteiger partial charge < -0.3 is 21.7 Å². The zero-order valence-electron chi connectivity index (χ0n) is 24.4. The Hall–Kier alpha value is -4.54. The van der Waals surface area contributed by atoms with E-state index in [4.69, 9.17) is 11.5 Å². The van der Waals surface area contributed by atoms with Gasteiger partial charge in [-0.1, -0.05) is 83.5 Å². The Morgan fingerprint density at radius 3 is 2.02 bits per heavy atom. The zero-order chi connectivity index (χ0) is 30.5. The number of nitrogens with two attached hydrogens (primary N) is 2. The summed E-state index contributed by atoms with van der Waals surface area (Å²) in [5, 5.41) is 13.9. The van der Waals surface area contributed by atoms with Gasteiger partial charge in [-0.2, -0.15) is 15.4 Å². The van der Waals surface area contributed by atoms with Gasteiger partial charge in [-0.3, -0.25) is 19.2 Å². The molecule has 1 aromatic heterocycles. The van der Waals surface area contributed by atoms with Crippen LogP contribution in [0.3, 0.4) is 0 Å². The number of anilines is 1. The van der Waals surface area contributed by atoms with Gasteiger partial charge in [0.2, 0.25) is 23.6 Å². The van der Waals surface area contributed by atoms with Crippen LogP contribution in [-0.4, -0.2) is 45.1 Å². The Labute approximate surface area is 241 Å². The minimum absolute atomic E-state index is 0.0222. The molecule has 1 unspecified atom stereocenters. The summed E-state index contributed by atoms with van der Waals surface area (Å²) < 4.78 is 0. The van der Waals surface area contributed by atoms with Crippen molar-refractivity contribution in [3.8, 4) is 22.5 Å². The van der Waals surface area contributed by atoms with Gasteiger partial charge in [-0.05, 0) is 17.5 Å². The third-order valence-corrected chi connectivity index (χ3v) is 6.10. The predicted molar refractivity (Wildman–Crippen MR) is 159 cm³/mol. The number of hydrogen-bond donors (Lipinski definition) is 4. The molecule has 1 aliphatic rings. The number of aromatic nitrogens is 3. The van der Waals surface area contributed by atoms with Crippen LogP contribution in [0.2, 0.25) is 0 Å². The molecule has 41 heavy (non-hydrogen) atoms. The van der Waals surface area contributed by atoms with Crippen molar-refractivity contribution in [2.24, 2.45) is 17.4 Å². The van der Waals surface area contributed by atoms with Crippen LogP contribution in [0.5, 0.6) is 0 Å². The number of aromatic amines is 1. The van der Waals surface area contributed by atoms with E-state index < -0.39 is 17.9 Å². The van der Waals surface area contributed by atoms with Crippen LogP contribution in [0, 0.1) is 5.92 Å². The number of benzene rings is 2. The highest BCUT2D eigenvalue weighted by molar-refractivity contribution is 6.01. The summed E-state index contributed by atoms with van der Waals surface area (Å²) in [5.74, 6) is -1.23. The van der Waals surface area contributed by atoms with Crippen molar-refractivity contribution < 1.29 is 19.2 Å². The van der Waals surface area contributed by atoms with Crippen LogP contribution in [0.1, 0.15) is 65.9 Å². The molecule has 1 aliphatic heterocycles. The van der Waals surface area contributed by atoms with E-state index in [1.165, 1.54) is 6.42 Å². The average molecular weight is 564 g/mol. The quantitative estimate of drug-likeness (QED) is 0.340. The lowest BCUT2D eigenvalue weighted by Crippen LogP contribution is -2.47. The molecule has 0 aliphatic carbocycles. The van der Waals surface area contributed by atoms with Gasteiger partial charge in [0.1, 0.15) is 17.4 Å². The third kappa shape index (κ3) is 8.99. The van der Waals surface area contributed by atoms with Crippen molar-refractivity contribution in [3.63, 3.8) is 0 Å². The van der Waals surface area contributed by atoms with E-state index in [0.717, 1.165) is 28.1 Å². The molecule has 11 heteroatoms. The molecule has 0 radical (unpaired) electrons. The van der Waals surface area contributed by atoms with Crippen molar-refractivity contribution in [1.82, 2.24) is 20.7 Å². The smallest absolute Gasteiger partial charge is 0.240 e. The first-order chi connectivity index (χ1) is 19.5. The molecule has 0 fully saturated rings. The molecule has 1 atom stereocenters. The highest BCUT2D eigenvalue weighted by Crippen LogP contribution is 2.39. The summed E-state index contributed by atoms with van der Waals surface area (Å²) in [4.78, 5) is 47.4. The lowest BCUT2D eigenvalue weighted by Gasteiger charge is -2.28. The number of fused-ring (bicyclic) bond motifs is 5. The summed E-state index contributed by atoms with van der Waals surface area (Å²) in [5.41, 5.74) is 15.2. The molecule has 6 N–H and O–H groups in total. The lowest BCUT2D eigenvalue weighted by molar-refractivity contribution is -0.128. The van der Waals surface area contributed by atoms with Crippen LogP contribution >= 0.6 is 0 Å². The van der Waals surface area contributed by atoms with Gasteiger partial charge in [0.15, 0.2) is 0 Å². The predicted octanol–water partition coefficient (Wildman–Crippen LogP) is 3.69. The number of amides is 4. The van der Waals surface area contributed by atoms with E-state index in [2.05, 4.69) is 34.6 Å². The van der Waals surface area contributed by atoms with E-state index in [0.29, 0.717) is 18.7 Å². The first-order valence-electron chi connectivity index (χ1n) is 13.8. The van der Waals surface area contributed by atoms with Crippen LogP contribution in [0.4, 0.5) is 5.69 Å². The topological polar surface area (TPSA) is 177 Å². The maximum Gasteiger partial charge on any atom is 0.240 e. The van der Waals surface area contributed by atoms with Crippen molar-refractivity contribution in [1.29, 1.82) is 0 Å². The first kappa shape index (κ1) is 32.7. The Kier molecular flexibility index (Phi) is 12.7.